The average molecular weight is 277 g/mol. The molecule has 3 nitrogen and oxygen atoms in total. The predicted octanol–water partition coefficient (Wildman–Crippen LogP) is 3.87. The molecule has 1 aliphatic carbocycles. The lowest BCUT2D eigenvalue weighted by Crippen LogP contribution is -2.22. The monoisotopic (exact) mass is 277 g/mol. The van der Waals surface area contributed by atoms with E-state index in [1.54, 1.807) is 0 Å². The Balaban J connectivity index is 2.25. The molecular formula is C17H31N3. The molecule has 2 rings (SSSR count). The minimum absolute atomic E-state index is 0.472. The van der Waals surface area contributed by atoms with Crippen molar-refractivity contribution in [2.24, 2.45) is 5.92 Å². The van der Waals surface area contributed by atoms with Crippen molar-refractivity contribution in [2.75, 3.05) is 6.54 Å². The van der Waals surface area contributed by atoms with Crippen LogP contribution in [0.4, 0.5) is 0 Å². The van der Waals surface area contributed by atoms with E-state index in [1.807, 2.05) is 0 Å². The zero-order chi connectivity index (χ0) is 14.5. The van der Waals surface area contributed by atoms with Crippen LogP contribution < -0.4 is 5.32 Å². The molecule has 1 heterocycles. The molecular weight excluding hydrogens is 246 g/mol. The molecule has 0 bridgehead atoms. The van der Waals surface area contributed by atoms with Crippen LogP contribution in [0.25, 0.3) is 0 Å². The molecule has 3 heteroatoms. The van der Waals surface area contributed by atoms with Crippen molar-refractivity contribution in [3.63, 3.8) is 0 Å². The molecule has 0 aromatic carbocycles. The first-order valence-electron chi connectivity index (χ1n) is 8.56. The molecule has 1 fully saturated rings. The number of hydrogen-bond donors (Lipinski definition) is 1. The molecule has 0 aliphatic heterocycles. The third-order valence-corrected chi connectivity index (χ3v) is 4.50. The number of aryl methyl sites for hydroxylation is 2. The summed E-state index contributed by atoms with van der Waals surface area (Å²) in [5.74, 6) is 0.980. The van der Waals surface area contributed by atoms with Crippen LogP contribution >= 0.6 is 0 Å². The molecule has 20 heavy (non-hydrogen) atoms. The van der Waals surface area contributed by atoms with Gasteiger partial charge in [-0.15, -0.1) is 0 Å². The van der Waals surface area contributed by atoms with Crippen molar-refractivity contribution in [1.82, 2.24) is 15.1 Å². The van der Waals surface area contributed by atoms with Crippen molar-refractivity contribution in [2.45, 2.75) is 78.8 Å². The van der Waals surface area contributed by atoms with Gasteiger partial charge in [0.1, 0.15) is 0 Å². The van der Waals surface area contributed by atoms with Crippen LogP contribution in [0.2, 0.25) is 0 Å². The maximum atomic E-state index is 4.93. The molecule has 1 unspecified atom stereocenters. The lowest BCUT2D eigenvalue weighted by molar-refractivity contribution is 0.512. The summed E-state index contributed by atoms with van der Waals surface area (Å²) in [7, 11) is 0. The van der Waals surface area contributed by atoms with Gasteiger partial charge in [-0.3, -0.25) is 4.68 Å². The topological polar surface area (TPSA) is 29.9 Å². The zero-order valence-corrected chi connectivity index (χ0v) is 13.7. The first-order valence-corrected chi connectivity index (χ1v) is 8.56. The quantitative estimate of drug-likeness (QED) is 0.742. The van der Waals surface area contributed by atoms with E-state index in [2.05, 4.69) is 37.7 Å². The van der Waals surface area contributed by atoms with E-state index < -0.39 is 0 Å². The van der Waals surface area contributed by atoms with Crippen LogP contribution in [-0.4, -0.2) is 16.3 Å². The lowest BCUT2D eigenvalue weighted by Gasteiger charge is -2.18. The Morgan fingerprint density at radius 1 is 1.20 bits per heavy atom. The van der Waals surface area contributed by atoms with Crippen molar-refractivity contribution in [3.8, 4) is 0 Å². The zero-order valence-electron chi connectivity index (χ0n) is 13.7. The number of hydrogen-bond acceptors (Lipinski definition) is 2. The van der Waals surface area contributed by atoms with Gasteiger partial charge in [0.15, 0.2) is 0 Å². The second-order valence-corrected chi connectivity index (χ2v) is 5.99. The van der Waals surface area contributed by atoms with Gasteiger partial charge >= 0.3 is 0 Å². The van der Waals surface area contributed by atoms with Gasteiger partial charge in [0.2, 0.25) is 0 Å². The largest absolute Gasteiger partial charge is 0.310 e. The van der Waals surface area contributed by atoms with Crippen LogP contribution in [0.3, 0.4) is 0 Å². The standard InChI is InChI=1S/C17H31N3/c1-5-14(18-8-4)17-15(6-2)19-20(16(17)7-3)12-11-13-9-10-13/h13-14,18H,5-12H2,1-4H3. The highest BCUT2D eigenvalue weighted by Crippen LogP contribution is 2.33. The smallest absolute Gasteiger partial charge is 0.0672 e. The Kier molecular flexibility index (Phi) is 5.64. The maximum Gasteiger partial charge on any atom is 0.0672 e. The molecule has 114 valence electrons. The fraction of sp³-hybridized carbons (Fsp3) is 0.824. The first kappa shape index (κ1) is 15.6. The summed E-state index contributed by atoms with van der Waals surface area (Å²) >= 11 is 0. The summed E-state index contributed by atoms with van der Waals surface area (Å²) in [6, 6.07) is 0.472. The van der Waals surface area contributed by atoms with Crippen LogP contribution in [-0.2, 0) is 19.4 Å². The average Bonchev–Trinajstić information content (AvgIpc) is 3.23. The Morgan fingerprint density at radius 3 is 2.45 bits per heavy atom. The fourth-order valence-electron chi connectivity index (χ4n) is 3.20. The van der Waals surface area contributed by atoms with E-state index in [0.29, 0.717) is 6.04 Å². The summed E-state index contributed by atoms with van der Waals surface area (Å²) in [5.41, 5.74) is 4.27. The SMILES string of the molecule is CCNC(CC)c1c(CC)nn(CCC2CC2)c1CC. The molecule has 1 aliphatic rings. The lowest BCUT2D eigenvalue weighted by atomic mass is 9.99. The van der Waals surface area contributed by atoms with Gasteiger partial charge in [0.05, 0.1) is 5.69 Å². The molecule has 0 amide bonds. The Bertz CT molecular complexity index is 418. The molecule has 1 aromatic rings. The van der Waals surface area contributed by atoms with Crippen LogP contribution in [0.1, 0.15) is 76.4 Å². The molecule has 1 saturated carbocycles. The molecule has 1 aromatic heterocycles. The summed E-state index contributed by atoms with van der Waals surface area (Å²) < 4.78 is 2.31. The summed E-state index contributed by atoms with van der Waals surface area (Å²) in [5, 5.41) is 8.56. The summed E-state index contributed by atoms with van der Waals surface area (Å²) in [6.07, 6.45) is 7.46. The third-order valence-electron chi connectivity index (χ3n) is 4.50. The highest BCUT2D eigenvalue weighted by molar-refractivity contribution is 5.30. The highest BCUT2D eigenvalue weighted by Gasteiger charge is 2.24. The summed E-state index contributed by atoms with van der Waals surface area (Å²) in [6.45, 7) is 11.1. The van der Waals surface area contributed by atoms with E-state index >= 15 is 0 Å². The molecule has 1 N–H and O–H groups in total. The van der Waals surface area contributed by atoms with Gasteiger partial charge in [-0.1, -0.05) is 40.5 Å². The minimum atomic E-state index is 0.472. The number of nitrogens with one attached hydrogen (secondary N) is 1. The molecule has 0 radical (unpaired) electrons. The second kappa shape index (κ2) is 7.26. The molecule has 0 spiro atoms. The number of aromatic nitrogens is 2. The van der Waals surface area contributed by atoms with Crippen molar-refractivity contribution < 1.29 is 0 Å². The van der Waals surface area contributed by atoms with Gasteiger partial charge in [0, 0.05) is 23.8 Å². The van der Waals surface area contributed by atoms with E-state index in [4.69, 9.17) is 5.10 Å². The molecule has 0 saturated heterocycles. The normalized spacial score (nSPS) is 16.6. The van der Waals surface area contributed by atoms with E-state index in [-0.39, 0.29) is 0 Å². The van der Waals surface area contributed by atoms with E-state index in [9.17, 15) is 0 Å². The third kappa shape index (κ3) is 3.43. The predicted molar refractivity (Wildman–Crippen MR) is 85.0 cm³/mol. The van der Waals surface area contributed by atoms with E-state index in [0.717, 1.165) is 38.3 Å². The van der Waals surface area contributed by atoms with Gasteiger partial charge < -0.3 is 5.32 Å². The minimum Gasteiger partial charge on any atom is -0.310 e. The van der Waals surface area contributed by atoms with Gasteiger partial charge in [-0.2, -0.15) is 5.10 Å². The highest BCUT2D eigenvalue weighted by atomic mass is 15.3. The van der Waals surface area contributed by atoms with Crippen molar-refractivity contribution in [1.29, 1.82) is 0 Å². The van der Waals surface area contributed by atoms with Crippen molar-refractivity contribution in [3.05, 3.63) is 17.0 Å². The Labute approximate surface area is 124 Å². The van der Waals surface area contributed by atoms with Gasteiger partial charge in [-0.25, -0.2) is 0 Å². The first-order chi connectivity index (χ1) is 9.74. The van der Waals surface area contributed by atoms with Crippen LogP contribution in [0.5, 0.6) is 0 Å². The molecule has 1 atom stereocenters. The van der Waals surface area contributed by atoms with Gasteiger partial charge in [0.25, 0.3) is 0 Å². The number of nitrogens with zero attached hydrogens (tertiary/aromatic N) is 2. The van der Waals surface area contributed by atoms with Crippen molar-refractivity contribution >= 4 is 0 Å². The Hall–Kier alpha value is -0.830. The van der Waals surface area contributed by atoms with Gasteiger partial charge in [-0.05, 0) is 38.1 Å². The fourth-order valence-corrected chi connectivity index (χ4v) is 3.20. The Morgan fingerprint density at radius 2 is 1.95 bits per heavy atom. The maximum absolute atomic E-state index is 4.93. The van der Waals surface area contributed by atoms with Crippen LogP contribution in [0.15, 0.2) is 0 Å². The number of rotatable bonds is 9. The van der Waals surface area contributed by atoms with Crippen LogP contribution in [0, 0.1) is 5.92 Å². The second-order valence-electron chi connectivity index (χ2n) is 5.99. The summed E-state index contributed by atoms with van der Waals surface area (Å²) in [4.78, 5) is 0. The van der Waals surface area contributed by atoms with E-state index in [1.165, 1.54) is 36.2 Å².